The topological polar surface area (TPSA) is 50.9 Å². The number of nitrogens with two attached hydrogens (primary N) is 1. The first-order chi connectivity index (χ1) is 9.76. The summed E-state index contributed by atoms with van der Waals surface area (Å²) in [5.41, 5.74) is 9.06. The smallest absolute Gasteiger partial charge is 0.184 e. The highest BCUT2D eigenvalue weighted by molar-refractivity contribution is 7.22. The quantitative estimate of drug-likeness (QED) is 0.763. The lowest BCUT2D eigenvalue weighted by atomic mass is 10.1. The zero-order chi connectivity index (χ0) is 13.9. The minimum absolute atomic E-state index is 0.224. The van der Waals surface area contributed by atoms with Crippen LogP contribution in [-0.4, -0.2) is 4.98 Å². The zero-order valence-electron chi connectivity index (χ0n) is 11.3. The van der Waals surface area contributed by atoms with E-state index >= 15 is 0 Å². The lowest BCUT2D eigenvalue weighted by Crippen LogP contribution is -2.06. The van der Waals surface area contributed by atoms with Crippen molar-refractivity contribution in [2.24, 2.45) is 5.73 Å². The molecule has 0 saturated heterocycles. The summed E-state index contributed by atoms with van der Waals surface area (Å²) in [7, 11) is 0. The molecule has 3 N–H and O–H groups in total. The molecule has 0 aliphatic heterocycles. The Kier molecular flexibility index (Phi) is 3.67. The van der Waals surface area contributed by atoms with Crippen LogP contribution in [-0.2, 0) is 6.54 Å². The number of thiazole rings is 1. The molecule has 102 valence electrons. The number of aromatic nitrogens is 1. The van der Waals surface area contributed by atoms with E-state index in [1.165, 1.54) is 10.3 Å². The number of benzene rings is 2. The second-order valence-electron chi connectivity index (χ2n) is 4.80. The van der Waals surface area contributed by atoms with Crippen LogP contribution in [0.3, 0.4) is 0 Å². The maximum Gasteiger partial charge on any atom is 0.184 e. The number of hydrogen-bond acceptors (Lipinski definition) is 4. The van der Waals surface area contributed by atoms with Crippen LogP contribution >= 0.6 is 11.3 Å². The molecule has 0 fully saturated rings. The van der Waals surface area contributed by atoms with Gasteiger partial charge in [0.1, 0.15) is 0 Å². The molecule has 0 saturated carbocycles. The summed E-state index contributed by atoms with van der Waals surface area (Å²) in [6, 6.07) is 16.8. The van der Waals surface area contributed by atoms with Gasteiger partial charge in [0.2, 0.25) is 0 Å². The van der Waals surface area contributed by atoms with Crippen molar-refractivity contribution in [2.75, 3.05) is 5.32 Å². The molecule has 20 heavy (non-hydrogen) atoms. The van der Waals surface area contributed by atoms with Gasteiger partial charge in [0.25, 0.3) is 0 Å². The van der Waals surface area contributed by atoms with Crippen molar-refractivity contribution >= 4 is 26.7 Å². The molecule has 1 unspecified atom stereocenters. The van der Waals surface area contributed by atoms with Crippen molar-refractivity contribution in [3.05, 3.63) is 59.7 Å². The summed E-state index contributed by atoms with van der Waals surface area (Å²) >= 11 is 1.69. The number of fused-ring (bicyclic) bond motifs is 1. The molecule has 2 aromatic carbocycles. The Balaban J connectivity index is 1.78. The lowest BCUT2D eigenvalue weighted by Gasteiger charge is -2.13. The molecule has 0 amide bonds. The van der Waals surface area contributed by atoms with E-state index in [1.54, 1.807) is 11.3 Å². The van der Waals surface area contributed by atoms with E-state index in [2.05, 4.69) is 47.6 Å². The predicted molar refractivity (Wildman–Crippen MR) is 86.0 cm³/mol. The monoisotopic (exact) mass is 283 g/mol. The number of para-hydroxylation sites is 1. The molecule has 1 heterocycles. The van der Waals surface area contributed by atoms with Crippen LogP contribution < -0.4 is 11.1 Å². The average molecular weight is 283 g/mol. The van der Waals surface area contributed by atoms with E-state index in [0.717, 1.165) is 16.2 Å². The van der Waals surface area contributed by atoms with E-state index in [9.17, 15) is 0 Å². The second kappa shape index (κ2) is 5.61. The van der Waals surface area contributed by atoms with Crippen molar-refractivity contribution < 1.29 is 0 Å². The number of nitrogens with one attached hydrogen (secondary N) is 1. The van der Waals surface area contributed by atoms with Crippen LogP contribution in [0.1, 0.15) is 24.1 Å². The first-order valence-corrected chi connectivity index (χ1v) is 7.49. The SMILES string of the molecule is CC(Nc1nc2ccccc2s1)c1ccc(CN)cc1. The average Bonchev–Trinajstić information content (AvgIpc) is 2.89. The molecular weight excluding hydrogens is 266 g/mol. The third-order valence-electron chi connectivity index (χ3n) is 3.35. The summed E-state index contributed by atoms with van der Waals surface area (Å²) < 4.78 is 1.21. The highest BCUT2D eigenvalue weighted by atomic mass is 32.1. The van der Waals surface area contributed by atoms with Gasteiger partial charge in [-0.15, -0.1) is 0 Å². The lowest BCUT2D eigenvalue weighted by molar-refractivity contribution is 0.880. The number of nitrogens with zero attached hydrogens (tertiary/aromatic N) is 1. The third kappa shape index (κ3) is 2.66. The summed E-state index contributed by atoms with van der Waals surface area (Å²) in [5, 5.41) is 4.42. The largest absolute Gasteiger partial charge is 0.355 e. The molecule has 0 radical (unpaired) electrons. The van der Waals surface area contributed by atoms with Crippen molar-refractivity contribution in [1.29, 1.82) is 0 Å². The van der Waals surface area contributed by atoms with Gasteiger partial charge in [-0.3, -0.25) is 0 Å². The van der Waals surface area contributed by atoms with Crippen LogP contribution in [0.4, 0.5) is 5.13 Å². The first kappa shape index (κ1) is 13.1. The van der Waals surface area contributed by atoms with Gasteiger partial charge >= 0.3 is 0 Å². The van der Waals surface area contributed by atoms with Gasteiger partial charge in [-0.05, 0) is 30.2 Å². The molecule has 0 aliphatic rings. The summed E-state index contributed by atoms with van der Waals surface area (Å²) in [6.07, 6.45) is 0. The van der Waals surface area contributed by atoms with E-state index < -0.39 is 0 Å². The maximum absolute atomic E-state index is 5.62. The predicted octanol–water partition coefficient (Wildman–Crippen LogP) is 3.93. The van der Waals surface area contributed by atoms with E-state index in [0.29, 0.717) is 6.54 Å². The van der Waals surface area contributed by atoms with Crippen LogP contribution in [0.5, 0.6) is 0 Å². The van der Waals surface area contributed by atoms with Crippen LogP contribution in [0.25, 0.3) is 10.2 Å². The molecule has 0 aliphatic carbocycles. The second-order valence-corrected chi connectivity index (χ2v) is 5.83. The van der Waals surface area contributed by atoms with E-state index in [-0.39, 0.29) is 6.04 Å². The molecule has 4 heteroatoms. The van der Waals surface area contributed by atoms with Crippen molar-refractivity contribution in [2.45, 2.75) is 19.5 Å². The normalized spacial score (nSPS) is 12.5. The van der Waals surface area contributed by atoms with Gasteiger partial charge in [0.15, 0.2) is 5.13 Å². The number of rotatable bonds is 4. The minimum atomic E-state index is 0.224. The van der Waals surface area contributed by atoms with Gasteiger partial charge < -0.3 is 11.1 Å². The maximum atomic E-state index is 5.62. The van der Waals surface area contributed by atoms with Gasteiger partial charge in [0.05, 0.1) is 16.3 Å². The molecule has 0 bridgehead atoms. The Labute approximate surface area is 122 Å². The minimum Gasteiger partial charge on any atom is -0.355 e. The highest BCUT2D eigenvalue weighted by Crippen LogP contribution is 2.28. The van der Waals surface area contributed by atoms with Crippen LogP contribution in [0.2, 0.25) is 0 Å². The molecule has 0 spiro atoms. The Morgan fingerprint density at radius 2 is 1.90 bits per heavy atom. The fourth-order valence-corrected chi connectivity index (χ4v) is 3.10. The standard InChI is InChI=1S/C16H17N3S/c1-11(13-8-6-12(10-17)7-9-13)18-16-19-14-4-2-3-5-15(14)20-16/h2-9,11H,10,17H2,1H3,(H,18,19). The fourth-order valence-electron chi connectivity index (χ4n) is 2.14. The Morgan fingerprint density at radius 3 is 2.60 bits per heavy atom. The van der Waals surface area contributed by atoms with Gasteiger partial charge in [-0.1, -0.05) is 47.7 Å². The molecule has 1 atom stereocenters. The van der Waals surface area contributed by atoms with Crippen molar-refractivity contribution in [3.63, 3.8) is 0 Å². The fraction of sp³-hybridized carbons (Fsp3) is 0.188. The van der Waals surface area contributed by atoms with E-state index in [1.807, 2.05) is 18.2 Å². The van der Waals surface area contributed by atoms with Crippen LogP contribution in [0, 0.1) is 0 Å². The number of hydrogen-bond donors (Lipinski definition) is 2. The Hall–Kier alpha value is -1.91. The molecule has 3 rings (SSSR count). The van der Waals surface area contributed by atoms with Crippen LogP contribution in [0.15, 0.2) is 48.5 Å². The molecular formula is C16H17N3S. The molecule has 1 aromatic heterocycles. The van der Waals surface area contributed by atoms with E-state index in [4.69, 9.17) is 5.73 Å². The highest BCUT2D eigenvalue weighted by Gasteiger charge is 2.08. The zero-order valence-corrected chi connectivity index (χ0v) is 12.2. The Bertz CT molecular complexity index is 670. The first-order valence-electron chi connectivity index (χ1n) is 6.67. The summed E-state index contributed by atoms with van der Waals surface area (Å²) in [5.74, 6) is 0. The third-order valence-corrected chi connectivity index (χ3v) is 4.32. The summed E-state index contributed by atoms with van der Waals surface area (Å²) in [4.78, 5) is 4.60. The summed E-state index contributed by atoms with van der Waals surface area (Å²) in [6.45, 7) is 2.73. The number of anilines is 1. The van der Waals surface area contributed by atoms with Crippen molar-refractivity contribution in [1.82, 2.24) is 4.98 Å². The Morgan fingerprint density at radius 1 is 1.15 bits per heavy atom. The van der Waals surface area contributed by atoms with Gasteiger partial charge in [-0.25, -0.2) is 4.98 Å². The molecule has 3 aromatic rings. The van der Waals surface area contributed by atoms with Crippen molar-refractivity contribution in [3.8, 4) is 0 Å². The van der Waals surface area contributed by atoms with Gasteiger partial charge in [-0.2, -0.15) is 0 Å². The molecule has 3 nitrogen and oxygen atoms in total. The van der Waals surface area contributed by atoms with Gasteiger partial charge in [0, 0.05) is 6.54 Å².